The third kappa shape index (κ3) is 5.37. The molecule has 0 amide bonds. The number of hydrogen-bond acceptors (Lipinski definition) is 2. The van der Waals surface area contributed by atoms with Crippen LogP contribution in [0.15, 0.2) is 22.8 Å². The molecule has 2 rings (SSSR count). The van der Waals surface area contributed by atoms with Crippen molar-refractivity contribution in [3.8, 4) is 0 Å². The molecule has 1 saturated carbocycles. The Kier molecular flexibility index (Phi) is 6.69. The fourth-order valence-electron chi connectivity index (χ4n) is 3.50. The lowest BCUT2D eigenvalue weighted by Gasteiger charge is -2.36. The highest BCUT2D eigenvalue weighted by Crippen LogP contribution is 2.37. The van der Waals surface area contributed by atoms with Gasteiger partial charge >= 0.3 is 0 Å². The highest BCUT2D eigenvalue weighted by molar-refractivity contribution is 9.10. The van der Waals surface area contributed by atoms with E-state index in [9.17, 15) is 0 Å². The minimum absolute atomic E-state index is 0.584. The van der Waals surface area contributed by atoms with Gasteiger partial charge in [0.2, 0.25) is 0 Å². The zero-order valence-electron chi connectivity index (χ0n) is 13.6. The Morgan fingerprint density at radius 3 is 2.71 bits per heavy atom. The first-order chi connectivity index (χ1) is 10.1. The van der Waals surface area contributed by atoms with E-state index in [4.69, 9.17) is 0 Å². The van der Waals surface area contributed by atoms with Crippen molar-refractivity contribution in [2.24, 2.45) is 17.8 Å². The van der Waals surface area contributed by atoms with E-state index >= 15 is 0 Å². The van der Waals surface area contributed by atoms with E-state index in [1.165, 1.54) is 31.4 Å². The molecule has 3 atom stereocenters. The van der Waals surface area contributed by atoms with Crippen molar-refractivity contribution < 1.29 is 0 Å². The number of nitrogens with one attached hydrogen (secondary N) is 1. The van der Waals surface area contributed by atoms with E-state index < -0.39 is 0 Å². The Labute approximate surface area is 138 Å². The molecular weight excluding hydrogens is 324 g/mol. The average Bonchev–Trinajstić information content (AvgIpc) is 2.48. The highest BCUT2D eigenvalue weighted by Gasteiger charge is 2.30. The SMILES string of the molecule is CCC1CCC(CNC(C)C)C(Cc2ccc(Br)cn2)C1. The molecule has 2 nitrogen and oxygen atoms in total. The maximum Gasteiger partial charge on any atom is 0.0413 e. The van der Waals surface area contributed by atoms with E-state index in [-0.39, 0.29) is 0 Å². The Morgan fingerprint density at radius 1 is 1.29 bits per heavy atom. The van der Waals surface area contributed by atoms with Gasteiger partial charge in [0.1, 0.15) is 0 Å². The van der Waals surface area contributed by atoms with Crippen LogP contribution in [0.5, 0.6) is 0 Å². The smallest absolute Gasteiger partial charge is 0.0413 e. The first kappa shape index (κ1) is 17.0. The molecule has 0 saturated heterocycles. The molecule has 1 N–H and O–H groups in total. The summed E-state index contributed by atoms with van der Waals surface area (Å²) >= 11 is 3.47. The highest BCUT2D eigenvalue weighted by atomic mass is 79.9. The van der Waals surface area contributed by atoms with Crippen molar-refractivity contribution in [3.63, 3.8) is 0 Å². The molecule has 21 heavy (non-hydrogen) atoms. The lowest BCUT2D eigenvalue weighted by molar-refractivity contribution is 0.168. The van der Waals surface area contributed by atoms with Crippen molar-refractivity contribution in [2.45, 2.75) is 58.9 Å². The molecule has 3 unspecified atom stereocenters. The normalized spacial score (nSPS) is 26.2. The fraction of sp³-hybridized carbons (Fsp3) is 0.722. The standard InChI is InChI=1S/C18H29BrN2/c1-4-14-5-6-15(11-20-13(2)3)16(9-14)10-18-8-7-17(19)12-21-18/h7-8,12-16,20H,4-6,9-11H2,1-3H3. The second-order valence-corrected chi connectivity index (χ2v) is 7.76. The molecule has 1 aliphatic carbocycles. The van der Waals surface area contributed by atoms with Gasteiger partial charge in [0.25, 0.3) is 0 Å². The Bertz CT molecular complexity index is 416. The summed E-state index contributed by atoms with van der Waals surface area (Å²) in [5.74, 6) is 2.50. The molecule has 0 aromatic carbocycles. The summed E-state index contributed by atoms with van der Waals surface area (Å²) < 4.78 is 1.07. The maximum absolute atomic E-state index is 4.59. The van der Waals surface area contributed by atoms with Gasteiger partial charge < -0.3 is 5.32 Å². The number of rotatable bonds is 6. The zero-order chi connectivity index (χ0) is 15.2. The first-order valence-electron chi connectivity index (χ1n) is 8.42. The van der Waals surface area contributed by atoms with Gasteiger partial charge in [-0.1, -0.05) is 33.6 Å². The maximum atomic E-state index is 4.59. The fourth-order valence-corrected chi connectivity index (χ4v) is 3.73. The van der Waals surface area contributed by atoms with Gasteiger partial charge in [-0.05, 0) is 71.6 Å². The molecule has 0 aliphatic heterocycles. The molecular formula is C18H29BrN2. The van der Waals surface area contributed by atoms with E-state index in [0.717, 1.165) is 35.2 Å². The van der Waals surface area contributed by atoms with Crippen LogP contribution in [-0.2, 0) is 6.42 Å². The second kappa shape index (κ2) is 8.28. The van der Waals surface area contributed by atoms with Crippen LogP contribution in [-0.4, -0.2) is 17.6 Å². The first-order valence-corrected chi connectivity index (χ1v) is 9.21. The van der Waals surface area contributed by atoms with Crippen molar-refractivity contribution in [2.75, 3.05) is 6.54 Å². The van der Waals surface area contributed by atoms with Gasteiger partial charge in [-0.15, -0.1) is 0 Å². The quantitative estimate of drug-likeness (QED) is 0.793. The predicted molar refractivity (Wildman–Crippen MR) is 93.4 cm³/mol. The topological polar surface area (TPSA) is 24.9 Å². The van der Waals surface area contributed by atoms with Gasteiger partial charge in [-0.2, -0.15) is 0 Å². The Hall–Kier alpha value is -0.410. The van der Waals surface area contributed by atoms with Crippen LogP contribution in [0.25, 0.3) is 0 Å². The summed E-state index contributed by atoms with van der Waals surface area (Å²) in [5, 5.41) is 3.65. The molecule has 118 valence electrons. The van der Waals surface area contributed by atoms with Crippen LogP contribution in [0.1, 0.15) is 52.1 Å². The number of aromatic nitrogens is 1. The van der Waals surface area contributed by atoms with Gasteiger partial charge in [0.05, 0.1) is 0 Å². The Balaban J connectivity index is 2.00. The number of hydrogen-bond donors (Lipinski definition) is 1. The average molecular weight is 353 g/mol. The molecule has 1 aliphatic rings. The largest absolute Gasteiger partial charge is 0.314 e. The summed E-state index contributed by atoms with van der Waals surface area (Å²) in [5.41, 5.74) is 1.24. The van der Waals surface area contributed by atoms with Gasteiger partial charge in [-0.25, -0.2) is 0 Å². The number of halogens is 1. The molecule has 0 bridgehead atoms. The summed E-state index contributed by atoms with van der Waals surface area (Å²) in [6, 6.07) is 4.87. The van der Waals surface area contributed by atoms with Crippen molar-refractivity contribution >= 4 is 15.9 Å². The van der Waals surface area contributed by atoms with Crippen molar-refractivity contribution in [1.82, 2.24) is 10.3 Å². The van der Waals surface area contributed by atoms with Crippen molar-refractivity contribution in [1.29, 1.82) is 0 Å². The minimum Gasteiger partial charge on any atom is -0.314 e. The molecule has 0 spiro atoms. The molecule has 1 aromatic rings. The van der Waals surface area contributed by atoms with Crippen molar-refractivity contribution in [3.05, 3.63) is 28.5 Å². The predicted octanol–water partition coefficient (Wildman–Crippen LogP) is 4.83. The van der Waals surface area contributed by atoms with E-state index in [2.05, 4.69) is 59.1 Å². The van der Waals surface area contributed by atoms with E-state index in [0.29, 0.717) is 6.04 Å². The summed E-state index contributed by atoms with van der Waals surface area (Å²) in [6.07, 6.45) is 8.54. The van der Waals surface area contributed by atoms with Crippen LogP contribution in [0.2, 0.25) is 0 Å². The van der Waals surface area contributed by atoms with E-state index in [1.54, 1.807) is 0 Å². The minimum atomic E-state index is 0.584. The van der Waals surface area contributed by atoms with Crippen LogP contribution in [0.4, 0.5) is 0 Å². The molecule has 1 fully saturated rings. The molecule has 3 heteroatoms. The van der Waals surface area contributed by atoms with E-state index in [1.807, 2.05) is 6.20 Å². The van der Waals surface area contributed by atoms with Gasteiger partial charge in [0.15, 0.2) is 0 Å². The summed E-state index contributed by atoms with van der Waals surface area (Å²) in [7, 11) is 0. The zero-order valence-corrected chi connectivity index (χ0v) is 15.2. The monoisotopic (exact) mass is 352 g/mol. The second-order valence-electron chi connectivity index (χ2n) is 6.84. The van der Waals surface area contributed by atoms with Crippen LogP contribution >= 0.6 is 15.9 Å². The van der Waals surface area contributed by atoms with Gasteiger partial charge in [-0.3, -0.25) is 4.98 Å². The van der Waals surface area contributed by atoms with Gasteiger partial charge in [0, 0.05) is 22.4 Å². The lowest BCUT2D eigenvalue weighted by Crippen LogP contribution is -2.36. The lowest BCUT2D eigenvalue weighted by atomic mass is 9.71. The Morgan fingerprint density at radius 2 is 2.10 bits per heavy atom. The molecule has 1 aromatic heterocycles. The number of pyridine rings is 1. The molecule has 0 radical (unpaired) electrons. The number of nitrogens with zero attached hydrogens (tertiary/aromatic N) is 1. The summed E-state index contributed by atoms with van der Waals surface area (Å²) in [6.45, 7) is 7.98. The van der Waals surface area contributed by atoms with Crippen LogP contribution in [0, 0.1) is 17.8 Å². The van der Waals surface area contributed by atoms with Crippen LogP contribution < -0.4 is 5.32 Å². The third-order valence-corrected chi connectivity index (χ3v) is 5.34. The van der Waals surface area contributed by atoms with Crippen LogP contribution in [0.3, 0.4) is 0 Å². The summed E-state index contributed by atoms with van der Waals surface area (Å²) in [4.78, 5) is 4.59. The third-order valence-electron chi connectivity index (χ3n) is 4.87. The molecule has 1 heterocycles.